The molecule has 0 aromatic rings. The Balaban J connectivity index is 2.41. The summed E-state index contributed by atoms with van der Waals surface area (Å²) in [5, 5.41) is 8.68. The molecular formula is C10H20O. The summed E-state index contributed by atoms with van der Waals surface area (Å²) in [6, 6.07) is 0. The molecule has 1 aliphatic rings. The van der Waals surface area contributed by atoms with E-state index in [1.54, 1.807) is 0 Å². The molecule has 0 amide bonds. The Bertz CT molecular complexity index is 133. The summed E-state index contributed by atoms with van der Waals surface area (Å²) in [6.45, 7) is 9.66. The lowest BCUT2D eigenvalue weighted by atomic mass is 10.0. The van der Waals surface area contributed by atoms with Gasteiger partial charge < -0.3 is 5.11 Å². The maximum atomic E-state index is 8.68. The highest BCUT2D eigenvalue weighted by atomic mass is 16.2. The van der Waals surface area contributed by atoms with Crippen LogP contribution < -0.4 is 0 Å². The number of hydrogen-bond donors (Lipinski definition) is 1. The van der Waals surface area contributed by atoms with Gasteiger partial charge in [0, 0.05) is 6.61 Å². The first kappa shape index (κ1) is 9.05. The van der Waals surface area contributed by atoms with E-state index >= 15 is 0 Å². The van der Waals surface area contributed by atoms with Gasteiger partial charge >= 0.3 is 0 Å². The second-order valence-electron chi connectivity index (χ2n) is 4.86. The maximum Gasteiger partial charge on any atom is 0.0431 e. The van der Waals surface area contributed by atoms with E-state index in [4.69, 9.17) is 5.11 Å². The van der Waals surface area contributed by atoms with Gasteiger partial charge in [-0.15, -0.1) is 0 Å². The van der Waals surface area contributed by atoms with Crippen molar-refractivity contribution in [3.63, 3.8) is 0 Å². The molecule has 1 aliphatic carbocycles. The number of aliphatic hydroxyl groups is 1. The zero-order valence-electron chi connectivity index (χ0n) is 8.15. The summed E-state index contributed by atoms with van der Waals surface area (Å²) in [6.07, 6.45) is 2.16. The fraction of sp³-hybridized carbons (Fsp3) is 1.00. The number of hydrogen-bond acceptors (Lipinski definition) is 1. The second-order valence-corrected chi connectivity index (χ2v) is 4.86. The van der Waals surface area contributed by atoms with Crippen molar-refractivity contribution in [2.75, 3.05) is 6.61 Å². The van der Waals surface area contributed by atoms with E-state index in [0.29, 0.717) is 17.4 Å². The van der Waals surface area contributed by atoms with E-state index < -0.39 is 0 Å². The molecule has 0 spiro atoms. The Morgan fingerprint density at radius 2 is 1.55 bits per heavy atom. The topological polar surface area (TPSA) is 20.2 Å². The number of aliphatic hydroxyl groups excluding tert-OH is 1. The Hall–Kier alpha value is -0.0400. The maximum absolute atomic E-state index is 8.68. The molecule has 1 nitrogen and oxygen atoms in total. The monoisotopic (exact) mass is 156 g/mol. The van der Waals surface area contributed by atoms with E-state index in [2.05, 4.69) is 27.7 Å². The molecule has 0 bridgehead atoms. The van der Waals surface area contributed by atoms with Crippen LogP contribution in [0.25, 0.3) is 0 Å². The first-order valence-corrected chi connectivity index (χ1v) is 4.55. The Morgan fingerprint density at radius 3 is 1.82 bits per heavy atom. The van der Waals surface area contributed by atoms with Gasteiger partial charge in [-0.3, -0.25) is 0 Å². The summed E-state index contributed by atoms with van der Waals surface area (Å²) < 4.78 is 0. The van der Waals surface area contributed by atoms with Gasteiger partial charge in [0.25, 0.3) is 0 Å². The third kappa shape index (κ3) is 1.20. The molecular weight excluding hydrogens is 136 g/mol. The Morgan fingerprint density at radius 1 is 1.09 bits per heavy atom. The molecule has 0 atom stereocenters. The quantitative estimate of drug-likeness (QED) is 0.665. The molecule has 0 aromatic heterocycles. The van der Waals surface area contributed by atoms with Crippen molar-refractivity contribution < 1.29 is 5.11 Å². The highest BCUT2D eigenvalue weighted by Crippen LogP contribution is 2.69. The minimum atomic E-state index is 0.350. The lowest BCUT2D eigenvalue weighted by Crippen LogP contribution is -1.95. The molecule has 66 valence electrons. The van der Waals surface area contributed by atoms with E-state index in [9.17, 15) is 0 Å². The molecule has 0 radical (unpaired) electrons. The molecule has 0 aromatic carbocycles. The van der Waals surface area contributed by atoms with Gasteiger partial charge in [0.1, 0.15) is 0 Å². The van der Waals surface area contributed by atoms with Crippen LogP contribution in [-0.4, -0.2) is 11.7 Å². The van der Waals surface area contributed by atoms with Crippen molar-refractivity contribution in [1.82, 2.24) is 0 Å². The van der Waals surface area contributed by atoms with Crippen molar-refractivity contribution in [1.29, 1.82) is 0 Å². The van der Waals surface area contributed by atoms with Crippen LogP contribution in [0.4, 0.5) is 0 Å². The lowest BCUT2D eigenvalue weighted by molar-refractivity contribution is 0.276. The van der Waals surface area contributed by atoms with Crippen molar-refractivity contribution in [2.45, 2.75) is 40.5 Å². The van der Waals surface area contributed by atoms with Crippen LogP contribution in [0.1, 0.15) is 40.5 Å². The Labute approximate surface area is 69.8 Å². The molecule has 0 heterocycles. The molecule has 1 fully saturated rings. The lowest BCUT2D eigenvalue weighted by Gasteiger charge is -2.04. The normalized spacial score (nSPS) is 27.0. The fourth-order valence-corrected chi connectivity index (χ4v) is 2.35. The zero-order valence-corrected chi connectivity index (χ0v) is 8.15. The minimum absolute atomic E-state index is 0.350. The van der Waals surface area contributed by atoms with Crippen LogP contribution in [0.5, 0.6) is 0 Å². The summed E-state index contributed by atoms with van der Waals surface area (Å²) in [5.41, 5.74) is 1.00. The summed E-state index contributed by atoms with van der Waals surface area (Å²) in [5.74, 6) is 0.821. The second kappa shape index (κ2) is 2.48. The Kier molecular flexibility index (Phi) is 2.04. The molecule has 11 heavy (non-hydrogen) atoms. The van der Waals surface area contributed by atoms with E-state index in [0.717, 1.165) is 12.3 Å². The van der Waals surface area contributed by atoms with Crippen LogP contribution in [0, 0.1) is 16.7 Å². The average molecular weight is 156 g/mol. The first-order chi connectivity index (χ1) is 4.94. The molecule has 1 rings (SSSR count). The average Bonchev–Trinajstić information content (AvgIpc) is 2.23. The highest BCUT2D eigenvalue weighted by Gasteiger charge is 2.63. The zero-order chi connectivity index (χ0) is 8.70. The molecule has 1 heteroatoms. The van der Waals surface area contributed by atoms with E-state index in [-0.39, 0.29) is 0 Å². The van der Waals surface area contributed by atoms with Crippen molar-refractivity contribution >= 4 is 0 Å². The first-order valence-electron chi connectivity index (χ1n) is 4.55. The minimum Gasteiger partial charge on any atom is -0.396 e. The summed E-state index contributed by atoms with van der Waals surface area (Å²) in [7, 11) is 0. The van der Waals surface area contributed by atoms with Crippen LogP contribution >= 0.6 is 0 Å². The smallest absolute Gasteiger partial charge is 0.0431 e. The van der Waals surface area contributed by atoms with E-state index in [1.165, 1.54) is 6.42 Å². The van der Waals surface area contributed by atoms with Gasteiger partial charge in [0.2, 0.25) is 0 Å². The van der Waals surface area contributed by atoms with Crippen LogP contribution in [0.2, 0.25) is 0 Å². The van der Waals surface area contributed by atoms with Gasteiger partial charge in [0.05, 0.1) is 0 Å². The molecule has 1 N–H and O–H groups in total. The summed E-state index contributed by atoms with van der Waals surface area (Å²) in [4.78, 5) is 0. The van der Waals surface area contributed by atoms with Gasteiger partial charge in [0.15, 0.2) is 0 Å². The van der Waals surface area contributed by atoms with Gasteiger partial charge in [-0.25, -0.2) is 0 Å². The predicted octanol–water partition coefficient (Wildman–Crippen LogP) is 2.44. The van der Waals surface area contributed by atoms with Crippen LogP contribution in [0.3, 0.4) is 0 Å². The third-order valence-electron chi connectivity index (χ3n) is 3.97. The largest absolute Gasteiger partial charge is 0.396 e. The van der Waals surface area contributed by atoms with Crippen molar-refractivity contribution in [3.05, 3.63) is 0 Å². The van der Waals surface area contributed by atoms with Crippen LogP contribution in [0.15, 0.2) is 0 Å². The highest BCUT2D eigenvalue weighted by molar-refractivity contribution is 5.11. The predicted molar refractivity (Wildman–Crippen MR) is 47.4 cm³/mol. The summed E-state index contributed by atoms with van der Waals surface area (Å²) >= 11 is 0. The molecule has 0 aliphatic heterocycles. The fourth-order valence-electron chi connectivity index (χ4n) is 2.35. The van der Waals surface area contributed by atoms with Crippen LogP contribution in [-0.2, 0) is 0 Å². The van der Waals surface area contributed by atoms with Crippen molar-refractivity contribution in [3.8, 4) is 0 Å². The number of rotatable bonds is 3. The van der Waals surface area contributed by atoms with Crippen molar-refractivity contribution in [2.24, 2.45) is 16.7 Å². The molecule has 0 unspecified atom stereocenters. The molecule has 0 saturated heterocycles. The van der Waals surface area contributed by atoms with E-state index in [1.807, 2.05) is 0 Å². The van der Waals surface area contributed by atoms with Gasteiger partial charge in [-0.2, -0.15) is 0 Å². The SMILES string of the molecule is CC1(C)C(CCCO)C1(C)C. The standard InChI is InChI=1S/C10H20O/c1-9(2)8(6-5-7-11)10(9,3)4/h8,11H,5-7H2,1-4H3. The van der Waals surface area contributed by atoms with Gasteiger partial charge in [-0.1, -0.05) is 27.7 Å². The third-order valence-corrected chi connectivity index (χ3v) is 3.97. The molecule has 1 saturated carbocycles. The van der Waals surface area contributed by atoms with Gasteiger partial charge in [-0.05, 0) is 29.6 Å².